The fourth-order valence-electron chi connectivity index (χ4n) is 5.59. The van der Waals surface area contributed by atoms with E-state index in [1.54, 1.807) is 18.3 Å². The largest absolute Gasteiger partial charge is 0.369 e. The Hall–Kier alpha value is -4.31. The van der Waals surface area contributed by atoms with Crippen LogP contribution in [0.4, 0.5) is 5.69 Å². The molecule has 1 aliphatic heterocycles. The molecule has 0 bridgehead atoms. The minimum Gasteiger partial charge on any atom is -0.369 e. The van der Waals surface area contributed by atoms with Gasteiger partial charge in [-0.25, -0.2) is 0 Å². The molecule has 6 rings (SSSR count). The Morgan fingerprint density at radius 2 is 1.92 bits per heavy atom. The second-order valence-electron chi connectivity index (χ2n) is 10.4. The summed E-state index contributed by atoms with van der Waals surface area (Å²) < 4.78 is 0. The van der Waals surface area contributed by atoms with E-state index in [2.05, 4.69) is 20.2 Å². The fourth-order valence-corrected chi connectivity index (χ4v) is 5.59. The van der Waals surface area contributed by atoms with Crippen molar-refractivity contribution in [3.05, 3.63) is 81.7 Å². The zero-order valence-electron chi connectivity index (χ0n) is 20.8. The molecule has 4 N–H and O–H groups in total. The molecule has 2 aromatic heterocycles. The van der Waals surface area contributed by atoms with E-state index < -0.39 is 5.41 Å². The number of hydrogen-bond donors (Lipinski definition) is 3. The van der Waals surface area contributed by atoms with E-state index in [0.29, 0.717) is 30.6 Å². The summed E-state index contributed by atoms with van der Waals surface area (Å²) in [7, 11) is 0. The van der Waals surface area contributed by atoms with Gasteiger partial charge in [0.15, 0.2) is 0 Å². The zero-order chi connectivity index (χ0) is 26.4. The van der Waals surface area contributed by atoms with E-state index in [4.69, 9.17) is 5.73 Å². The predicted octanol–water partition coefficient (Wildman–Crippen LogP) is 3.54. The first kappa shape index (κ1) is 24.1. The van der Waals surface area contributed by atoms with Crippen LogP contribution >= 0.6 is 0 Å². The number of nitro benzene ring substituents is 1. The lowest BCUT2D eigenvalue weighted by molar-refractivity contribution is -0.384. The molecule has 194 valence electrons. The summed E-state index contributed by atoms with van der Waals surface area (Å²) in [4.78, 5) is 46.0. The molecule has 10 nitrogen and oxygen atoms in total. The summed E-state index contributed by atoms with van der Waals surface area (Å²) in [5, 5.41) is 16.1. The molecule has 1 aliphatic carbocycles. The number of carbonyl (C=O) groups is 2. The number of aromatic nitrogens is 2. The number of pyridine rings is 1. The fraction of sp³-hybridized carbons (Fsp3) is 0.321. The second kappa shape index (κ2) is 9.21. The molecule has 0 radical (unpaired) electrons. The Morgan fingerprint density at radius 3 is 2.63 bits per heavy atom. The molecular weight excluding hydrogens is 484 g/mol. The minimum atomic E-state index is -0.704. The second-order valence-corrected chi connectivity index (χ2v) is 10.4. The monoisotopic (exact) mass is 512 g/mol. The van der Waals surface area contributed by atoms with Crippen molar-refractivity contribution in [2.75, 3.05) is 13.1 Å². The quantitative estimate of drug-likeness (QED) is 0.255. The van der Waals surface area contributed by atoms with Crippen LogP contribution in [0.1, 0.15) is 47.3 Å². The number of nitrogens with two attached hydrogens (primary N) is 1. The van der Waals surface area contributed by atoms with Gasteiger partial charge in [0.1, 0.15) is 0 Å². The van der Waals surface area contributed by atoms with Crippen LogP contribution < -0.4 is 11.1 Å². The van der Waals surface area contributed by atoms with E-state index in [1.807, 2.05) is 30.3 Å². The highest BCUT2D eigenvalue weighted by Gasteiger charge is 2.52. The molecule has 2 aliphatic rings. The van der Waals surface area contributed by atoms with Crippen LogP contribution in [-0.4, -0.2) is 50.7 Å². The molecule has 4 aromatic rings. The lowest BCUT2D eigenvalue weighted by Gasteiger charge is -2.32. The van der Waals surface area contributed by atoms with Crippen molar-refractivity contribution in [3.8, 4) is 0 Å². The number of likely N-dealkylation sites (tertiary alicyclic amines) is 1. The summed E-state index contributed by atoms with van der Waals surface area (Å²) >= 11 is 0. The molecule has 1 saturated heterocycles. The normalized spacial score (nSPS) is 17.5. The number of nitro groups is 1. The Bertz CT molecular complexity index is 1580. The molecule has 0 unspecified atom stereocenters. The van der Waals surface area contributed by atoms with Gasteiger partial charge in [-0.05, 0) is 49.4 Å². The molecule has 2 fully saturated rings. The van der Waals surface area contributed by atoms with Crippen molar-refractivity contribution in [1.29, 1.82) is 0 Å². The van der Waals surface area contributed by atoms with Crippen LogP contribution in [0, 0.1) is 10.1 Å². The first-order chi connectivity index (χ1) is 18.3. The van der Waals surface area contributed by atoms with Crippen molar-refractivity contribution >= 4 is 39.3 Å². The van der Waals surface area contributed by atoms with Gasteiger partial charge in [0.2, 0.25) is 5.91 Å². The summed E-state index contributed by atoms with van der Waals surface area (Å²) in [5.41, 5.74) is 8.86. The van der Waals surface area contributed by atoms with E-state index in [9.17, 15) is 19.7 Å². The number of amides is 2. The maximum absolute atomic E-state index is 13.1. The van der Waals surface area contributed by atoms with Gasteiger partial charge in [-0.2, -0.15) is 0 Å². The van der Waals surface area contributed by atoms with Crippen LogP contribution in [-0.2, 0) is 16.8 Å². The zero-order valence-corrected chi connectivity index (χ0v) is 20.8. The third kappa shape index (κ3) is 4.26. The molecule has 3 heterocycles. The Kier molecular flexibility index (Phi) is 5.83. The van der Waals surface area contributed by atoms with Crippen LogP contribution in [0.2, 0.25) is 0 Å². The Morgan fingerprint density at radius 1 is 1.13 bits per heavy atom. The number of nitrogens with one attached hydrogen (secondary N) is 2. The summed E-state index contributed by atoms with van der Waals surface area (Å²) in [5.74, 6) is -0.482. The van der Waals surface area contributed by atoms with Crippen molar-refractivity contribution in [2.45, 2.75) is 43.7 Å². The number of primary amides is 1. The van der Waals surface area contributed by atoms with Gasteiger partial charge in [-0.3, -0.25) is 29.6 Å². The van der Waals surface area contributed by atoms with Crippen LogP contribution in [0.25, 0.3) is 21.8 Å². The number of non-ortho nitro benzene ring substituents is 1. The van der Waals surface area contributed by atoms with Crippen LogP contribution in [0.3, 0.4) is 0 Å². The number of aromatic amines is 1. The molecule has 38 heavy (non-hydrogen) atoms. The topological polar surface area (TPSA) is 147 Å². The molecule has 10 heteroatoms. The van der Waals surface area contributed by atoms with Gasteiger partial charge in [0.25, 0.3) is 11.6 Å². The van der Waals surface area contributed by atoms with Crippen molar-refractivity contribution in [3.63, 3.8) is 0 Å². The van der Waals surface area contributed by atoms with E-state index in [1.165, 1.54) is 6.07 Å². The number of carbonyl (C=O) groups excluding carboxylic acids is 2. The molecule has 2 aromatic carbocycles. The molecule has 1 saturated carbocycles. The lowest BCUT2D eigenvalue weighted by Crippen LogP contribution is -2.44. The number of piperidine rings is 1. The van der Waals surface area contributed by atoms with Crippen molar-refractivity contribution in [2.24, 2.45) is 5.73 Å². The highest BCUT2D eigenvalue weighted by Crippen LogP contribution is 2.49. The highest BCUT2D eigenvalue weighted by molar-refractivity contribution is 6.11. The number of H-pyrrole nitrogens is 1. The van der Waals surface area contributed by atoms with Crippen molar-refractivity contribution in [1.82, 2.24) is 20.2 Å². The summed E-state index contributed by atoms with van der Waals surface area (Å²) in [6.07, 6.45) is 4.71. The number of hydrogen-bond acceptors (Lipinski definition) is 6. The minimum absolute atomic E-state index is 0.0587. The molecule has 2 amide bonds. The van der Waals surface area contributed by atoms with Gasteiger partial charge < -0.3 is 16.0 Å². The number of rotatable bonds is 7. The third-order valence-corrected chi connectivity index (χ3v) is 7.91. The Labute approximate surface area is 218 Å². The highest BCUT2D eigenvalue weighted by atomic mass is 16.6. The smallest absolute Gasteiger partial charge is 0.269 e. The number of fused-ring (bicyclic) bond motifs is 3. The third-order valence-electron chi connectivity index (χ3n) is 7.91. The summed E-state index contributed by atoms with van der Waals surface area (Å²) in [6.45, 7) is 2.24. The van der Waals surface area contributed by atoms with Gasteiger partial charge in [-0.15, -0.1) is 0 Å². The van der Waals surface area contributed by atoms with E-state index in [0.717, 1.165) is 53.3 Å². The first-order valence-electron chi connectivity index (χ1n) is 12.8. The van der Waals surface area contributed by atoms with E-state index in [-0.39, 0.29) is 28.5 Å². The van der Waals surface area contributed by atoms with Crippen LogP contribution in [0.5, 0.6) is 0 Å². The van der Waals surface area contributed by atoms with E-state index >= 15 is 0 Å². The maximum Gasteiger partial charge on any atom is 0.269 e. The maximum atomic E-state index is 13.1. The van der Waals surface area contributed by atoms with Gasteiger partial charge >= 0.3 is 0 Å². The standard InChI is InChI=1S/C28H28N6O4/c29-27(36)28(9-10-28)25-24-22(6-11-30-25)21-5-4-18(15-23(21)32-24)26(35)31-19-7-12-33(13-8-19)16-17-2-1-3-20(14-17)34(37)38/h1-6,11,14-15,19,32H,7-10,12-13,16H2,(H2,29,36)(H,31,35). The SMILES string of the molecule is NC(=O)C1(c2nccc3c2[nH]c2cc(C(=O)NC4CCN(Cc5cccc([N+](=O)[O-])c5)CC4)ccc23)CC1. The molecule has 0 spiro atoms. The number of nitrogens with zero attached hydrogens (tertiary/aromatic N) is 3. The Balaban J connectivity index is 1.13. The lowest BCUT2D eigenvalue weighted by atomic mass is 9.98. The summed E-state index contributed by atoms with van der Waals surface area (Å²) in [6, 6.07) is 14.3. The van der Waals surface area contributed by atoms with Gasteiger partial charge in [-0.1, -0.05) is 18.2 Å². The van der Waals surface area contributed by atoms with Crippen molar-refractivity contribution < 1.29 is 14.5 Å². The molecule has 0 atom stereocenters. The first-order valence-corrected chi connectivity index (χ1v) is 12.8. The average molecular weight is 513 g/mol. The van der Waals surface area contributed by atoms with Crippen LogP contribution in [0.15, 0.2) is 54.7 Å². The van der Waals surface area contributed by atoms with Gasteiger partial charge in [0.05, 0.1) is 21.5 Å². The average Bonchev–Trinajstić information content (AvgIpc) is 3.64. The number of benzene rings is 2. The van der Waals surface area contributed by atoms with Gasteiger partial charge in [0, 0.05) is 65.9 Å². The molecular formula is C28H28N6O4. The predicted molar refractivity (Wildman–Crippen MR) is 143 cm³/mol.